The number of carbonyl (C=O) groups excluding carboxylic acids is 1. The lowest BCUT2D eigenvalue weighted by molar-refractivity contribution is -0.137. The highest BCUT2D eigenvalue weighted by Crippen LogP contribution is 2.21. The van der Waals surface area contributed by atoms with Gasteiger partial charge in [-0.1, -0.05) is 18.2 Å². The number of aryl methyl sites for hydroxylation is 1. The van der Waals surface area contributed by atoms with Crippen molar-refractivity contribution >= 4 is 18.3 Å². The lowest BCUT2D eigenvalue weighted by Crippen LogP contribution is -2.57. The minimum atomic E-state index is -0.407. The van der Waals surface area contributed by atoms with Gasteiger partial charge < -0.3 is 15.0 Å². The van der Waals surface area contributed by atoms with E-state index in [-0.39, 0.29) is 18.3 Å². The molecular formula is C17H27ClN2O2. The number of ether oxygens (including phenoxy) is 1. The zero-order valence-corrected chi connectivity index (χ0v) is 14.5. The van der Waals surface area contributed by atoms with Gasteiger partial charge in [0, 0.05) is 7.05 Å². The second kappa shape index (κ2) is 8.39. The van der Waals surface area contributed by atoms with Crippen LogP contribution in [-0.4, -0.2) is 43.1 Å². The van der Waals surface area contributed by atoms with Gasteiger partial charge in [0.25, 0.3) is 0 Å². The maximum Gasteiger partial charge on any atom is 0.242 e. The minimum absolute atomic E-state index is 0. The van der Waals surface area contributed by atoms with Crippen LogP contribution >= 0.6 is 12.4 Å². The van der Waals surface area contributed by atoms with Gasteiger partial charge in [-0.15, -0.1) is 12.4 Å². The van der Waals surface area contributed by atoms with Crippen LogP contribution in [0.3, 0.4) is 0 Å². The van der Waals surface area contributed by atoms with Gasteiger partial charge in [0.05, 0.1) is 12.1 Å². The molecule has 1 atom stereocenters. The smallest absolute Gasteiger partial charge is 0.242 e. The van der Waals surface area contributed by atoms with Crippen LogP contribution in [0.25, 0.3) is 0 Å². The molecule has 1 amide bonds. The predicted molar refractivity (Wildman–Crippen MR) is 91.8 cm³/mol. The van der Waals surface area contributed by atoms with E-state index < -0.39 is 5.54 Å². The first-order chi connectivity index (χ1) is 10.0. The fourth-order valence-corrected chi connectivity index (χ4v) is 2.77. The third kappa shape index (κ3) is 4.62. The number of halogens is 1. The largest absolute Gasteiger partial charge is 0.491 e. The molecule has 1 heterocycles. The molecule has 5 heteroatoms. The van der Waals surface area contributed by atoms with E-state index in [4.69, 9.17) is 4.74 Å². The Morgan fingerprint density at radius 3 is 2.73 bits per heavy atom. The molecule has 4 nitrogen and oxygen atoms in total. The predicted octanol–water partition coefficient (Wildman–Crippen LogP) is 2.79. The molecule has 1 saturated heterocycles. The van der Waals surface area contributed by atoms with E-state index in [0.717, 1.165) is 37.1 Å². The standard InChI is InChI=1S/C17H26N2O2.ClH/c1-14-8-4-5-9-15(14)21-13-12-19(3)16(20)17(2)10-6-7-11-18-17;/h4-5,8-9,18H,6-7,10-13H2,1-3H3;1H. The molecule has 0 radical (unpaired) electrons. The molecule has 1 aliphatic heterocycles. The van der Waals surface area contributed by atoms with Gasteiger partial charge in [0.2, 0.25) is 5.91 Å². The minimum Gasteiger partial charge on any atom is -0.491 e. The Bertz CT molecular complexity index is 487. The molecule has 1 aromatic rings. The van der Waals surface area contributed by atoms with Gasteiger partial charge >= 0.3 is 0 Å². The lowest BCUT2D eigenvalue weighted by Gasteiger charge is -2.36. The Morgan fingerprint density at radius 1 is 1.36 bits per heavy atom. The van der Waals surface area contributed by atoms with Crippen LogP contribution in [0.5, 0.6) is 5.75 Å². The number of rotatable bonds is 5. The molecule has 0 aromatic heterocycles. The lowest BCUT2D eigenvalue weighted by atomic mass is 9.89. The Balaban J connectivity index is 0.00000242. The summed E-state index contributed by atoms with van der Waals surface area (Å²) < 4.78 is 5.76. The van der Waals surface area contributed by atoms with Gasteiger partial charge in [-0.05, 0) is 51.3 Å². The average Bonchev–Trinajstić information content (AvgIpc) is 2.49. The van der Waals surface area contributed by atoms with E-state index in [1.165, 1.54) is 0 Å². The van der Waals surface area contributed by atoms with Crippen molar-refractivity contribution in [3.8, 4) is 5.75 Å². The number of hydrogen-bond acceptors (Lipinski definition) is 3. The Labute approximate surface area is 139 Å². The van der Waals surface area contributed by atoms with Crippen LogP contribution in [0, 0.1) is 6.92 Å². The molecule has 1 unspecified atom stereocenters. The second-order valence-corrected chi connectivity index (χ2v) is 6.06. The van der Waals surface area contributed by atoms with Crippen molar-refractivity contribution in [2.45, 2.75) is 38.6 Å². The molecule has 1 fully saturated rings. The topological polar surface area (TPSA) is 41.6 Å². The number of likely N-dealkylation sites (N-methyl/N-ethyl adjacent to an activating group) is 1. The van der Waals surface area contributed by atoms with Crippen molar-refractivity contribution in [1.29, 1.82) is 0 Å². The average molecular weight is 327 g/mol. The van der Waals surface area contributed by atoms with Crippen molar-refractivity contribution in [3.05, 3.63) is 29.8 Å². The SMILES string of the molecule is Cc1ccccc1OCCN(C)C(=O)C1(C)CCCCN1.Cl. The van der Waals surface area contributed by atoms with Crippen LogP contribution in [0.4, 0.5) is 0 Å². The highest BCUT2D eigenvalue weighted by atomic mass is 35.5. The summed E-state index contributed by atoms with van der Waals surface area (Å²) in [6.45, 7) is 6.08. The number of nitrogens with zero attached hydrogens (tertiary/aromatic N) is 1. The molecule has 1 aliphatic rings. The number of hydrogen-bond donors (Lipinski definition) is 1. The molecule has 0 saturated carbocycles. The summed E-state index contributed by atoms with van der Waals surface area (Å²) in [6.07, 6.45) is 3.18. The van der Waals surface area contributed by atoms with Gasteiger partial charge in [-0.2, -0.15) is 0 Å². The molecule has 1 N–H and O–H groups in total. The van der Waals surface area contributed by atoms with E-state index in [2.05, 4.69) is 5.32 Å². The number of amides is 1. The van der Waals surface area contributed by atoms with Crippen molar-refractivity contribution in [3.63, 3.8) is 0 Å². The molecule has 0 spiro atoms. The first-order valence-corrected chi connectivity index (χ1v) is 7.72. The van der Waals surface area contributed by atoms with Crippen molar-refractivity contribution < 1.29 is 9.53 Å². The molecule has 0 aliphatic carbocycles. The van der Waals surface area contributed by atoms with Gasteiger partial charge in [0.1, 0.15) is 12.4 Å². The second-order valence-electron chi connectivity index (χ2n) is 6.06. The van der Waals surface area contributed by atoms with Crippen molar-refractivity contribution in [1.82, 2.24) is 10.2 Å². The van der Waals surface area contributed by atoms with E-state index in [1.54, 1.807) is 4.90 Å². The fraction of sp³-hybridized carbons (Fsp3) is 0.588. The van der Waals surface area contributed by atoms with Crippen LogP contribution in [0.2, 0.25) is 0 Å². The Morgan fingerprint density at radius 2 is 2.09 bits per heavy atom. The number of carbonyl (C=O) groups is 1. The van der Waals surface area contributed by atoms with Crippen molar-refractivity contribution in [2.75, 3.05) is 26.7 Å². The van der Waals surface area contributed by atoms with E-state index in [1.807, 2.05) is 45.2 Å². The molecular weight excluding hydrogens is 300 g/mol. The first-order valence-electron chi connectivity index (χ1n) is 7.72. The van der Waals surface area contributed by atoms with Crippen molar-refractivity contribution in [2.24, 2.45) is 0 Å². The summed E-state index contributed by atoms with van der Waals surface area (Å²) in [7, 11) is 1.85. The highest BCUT2D eigenvalue weighted by Gasteiger charge is 2.36. The summed E-state index contributed by atoms with van der Waals surface area (Å²) in [4.78, 5) is 14.3. The molecule has 124 valence electrons. The van der Waals surface area contributed by atoms with E-state index >= 15 is 0 Å². The molecule has 22 heavy (non-hydrogen) atoms. The summed E-state index contributed by atoms with van der Waals surface area (Å²) in [5.74, 6) is 1.05. The third-order valence-electron chi connectivity index (χ3n) is 4.22. The fourth-order valence-electron chi connectivity index (χ4n) is 2.77. The van der Waals surface area contributed by atoms with Crippen LogP contribution < -0.4 is 10.1 Å². The summed E-state index contributed by atoms with van der Waals surface area (Å²) >= 11 is 0. The highest BCUT2D eigenvalue weighted by molar-refractivity contribution is 5.86. The number of nitrogens with one attached hydrogen (secondary N) is 1. The van der Waals surface area contributed by atoms with Crippen LogP contribution in [0.1, 0.15) is 31.7 Å². The number of benzene rings is 1. The normalized spacial score (nSPS) is 20.9. The Kier molecular flexibility index (Phi) is 7.17. The first kappa shape index (κ1) is 18.8. The van der Waals surface area contributed by atoms with Gasteiger partial charge in [-0.3, -0.25) is 4.79 Å². The summed E-state index contributed by atoms with van der Waals surface area (Å²) in [5.41, 5.74) is 0.711. The van der Waals surface area contributed by atoms with Gasteiger partial charge in [0.15, 0.2) is 0 Å². The zero-order chi connectivity index (χ0) is 15.3. The third-order valence-corrected chi connectivity index (χ3v) is 4.22. The summed E-state index contributed by atoms with van der Waals surface area (Å²) in [6, 6.07) is 7.94. The Hall–Kier alpha value is -1.26. The number of piperidine rings is 1. The van der Waals surface area contributed by atoms with E-state index in [9.17, 15) is 4.79 Å². The monoisotopic (exact) mass is 326 g/mol. The summed E-state index contributed by atoms with van der Waals surface area (Å²) in [5, 5.41) is 3.36. The molecule has 0 bridgehead atoms. The van der Waals surface area contributed by atoms with Gasteiger partial charge in [-0.25, -0.2) is 0 Å². The maximum absolute atomic E-state index is 12.5. The quantitative estimate of drug-likeness (QED) is 0.904. The molecule has 1 aromatic carbocycles. The zero-order valence-electron chi connectivity index (χ0n) is 13.7. The number of para-hydroxylation sites is 1. The van der Waals surface area contributed by atoms with E-state index in [0.29, 0.717) is 13.2 Å². The van der Waals surface area contributed by atoms with Crippen LogP contribution in [-0.2, 0) is 4.79 Å². The maximum atomic E-state index is 12.5. The van der Waals surface area contributed by atoms with Crippen LogP contribution in [0.15, 0.2) is 24.3 Å². The molecule has 2 rings (SSSR count).